The molecule has 3 heterocycles. The van der Waals surface area contributed by atoms with Crippen molar-refractivity contribution in [1.29, 1.82) is 0 Å². The summed E-state index contributed by atoms with van der Waals surface area (Å²) in [5, 5.41) is 3.82. The molecule has 0 spiro atoms. The van der Waals surface area contributed by atoms with E-state index in [4.69, 9.17) is 4.74 Å². The van der Waals surface area contributed by atoms with Crippen molar-refractivity contribution < 1.29 is 4.74 Å². The SMILES string of the molecule is CC1(C)C2=C(C=CCC2)N(c2ccc3c(c2)Oc2cc(N4c5ccccc5C(C)(C)c5ccccc54)ccc2P3c2ccccc2)c2ccccc21. The summed E-state index contributed by atoms with van der Waals surface area (Å²) in [4.78, 5) is 4.89. The van der Waals surface area contributed by atoms with Crippen LogP contribution in [0.25, 0.3) is 0 Å². The van der Waals surface area contributed by atoms with Gasteiger partial charge in [-0.05, 0) is 96.9 Å². The van der Waals surface area contributed by atoms with Crippen molar-refractivity contribution >= 4 is 52.3 Å². The van der Waals surface area contributed by atoms with Crippen molar-refractivity contribution in [2.75, 3.05) is 9.80 Å². The fourth-order valence-electron chi connectivity index (χ4n) is 9.13. The van der Waals surface area contributed by atoms with Crippen LogP contribution in [0.1, 0.15) is 57.2 Å². The zero-order chi connectivity index (χ0) is 35.2. The molecule has 0 radical (unpaired) electrons. The minimum atomic E-state index is -0.850. The molecule has 0 saturated carbocycles. The predicted molar refractivity (Wildman–Crippen MR) is 219 cm³/mol. The lowest BCUT2D eigenvalue weighted by molar-refractivity contribution is 0.489. The first-order valence-corrected chi connectivity index (χ1v) is 19.8. The Hall–Kier alpha value is -5.37. The second-order valence-electron chi connectivity index (χ2n) is 15.4. The van der Waals surface area contributed by atoms with Gasteiger partial charge in [0.05, 0.1) is 17.1 Å². The molecule has 1 aliphatic carbocycles. The summed E-state index contributed by atoms with van der Waals surface area (Å²) >= 11 is 0. The van der Waals surface area contributed by atoms with Crippen molar-refractivity contribution in [2.24, 2.45) is 0 Å². The highest BCUT2D eigenvalue weighted by atomic mass is 31.1. The van der Waals surface area contributed by atoms with Gasteiger partial charge in [0, 0.05) is 50.6 Å². The van der Waals surface area contributed by atoms with Gasteiger partial charge in [-0.15, -0.1) is 0 Å². The molecule has 6 aromatic rings. The summed E-state index contributed by atoms with van der Waals surface area (Å²) in [7, 11) is -0.850. The number of anilines is 5. The molecule has 1 atom stereocenters. The van der Waals surface area contributed by atoms with Gasteiger partial charge in [-0.25, -0.2) is 0 Å². The van der Waals surface area contributed by atoms with Crippen molar-refractivity contribution in [3.05, 3.63) is 180 Å². The molecule has 3 nitrogen and oxygen atoms in total. The smallest absolute Gasteiger partial charge is 0.137 e. The van der Waals surface area contributed by atoms with Gasteiger partial charge in [0.2, 0.25) is 0 Å². The molecule has 1 unspecified atom stereocenters. The van der Waals surface area contributed by atoms with Crippen LogP contribution in [-0.4, -0.2) is 0 Å². The monoisotopic (exact) mass is 692 g/mol. The molecule has 4 aliphatic rings. The zero-order valence-corrected chi connectivity index (χ0v) is 31.0. The minimum Gasteiger partial charge on any atom is -0.456 e. The standard InChI is InChI=1S/C48H41N2OP/c1-47(2)35-18-8-12-22-39(35)49(40-23-13-9-19-36(40)47)32-26-28-45-43(30-32)51-44-31-33(27-29-46(44)52(45)34-16-6-5-7-17-34)50-41-24-14-10-20-37(41)48(3,4)38-21-11-15-25-42(38)50/h5-10,12-20,22-31H,11,21H2,1-4H3. The van der Waals surface area contributed by atoms with Crippen LogP contribution in [0, 0.1) is 0 Å². The van der Waals surface area contributed by atoms with E-state index in [2.05, 4.69) is 189 Å². The molecule has 0 amide bonds. The highest BCUT2D eigenvalue weighted by Crippen LogP contribution is 2.55. The Balaban J connectivity index is 1.14. The summed E-state index contributed by atoms with van der Waals surface area (Å²) in [6, 6.07) is 51.4. The first-order chi connectivity index (χ1) is 25.3. The molecule has 0 bridgehead atoms. The van der Waals surface area contributed by atoms with Crippen LogP contribution in [0.5, 0.6) is 11.5 Å². The Morgan fingerprint density at radius 1 is 0.538 bits per heavy atom. The summed E-state index contributed by atoms with van der Waals surface area (Å²) in [5.41, 5.74) is 12.6. The molecule has 0 aromatic heterocycles. The van der Waals surface area contributed by atoms with E-state index in [0.717, 1.165) is 35.7 Å². The number of nitrogens with zero attached hydrogens (tertiary/aromatic N) is 2. The highest BCUT2D eigenvalue weighted by Gasteiger charge is 2.40. The van der Waals surface area contributed by atoms with Crippen LogP contribution in [-0.2, 0) is 10.8 Å². The van der Waals surface area contributed by atoms with Crippen LogP contribution in [0.2, 0.25) is 0 Å². The molecular formula is C48H41N2OP. The number of fused-ring (bicyclic) bond motifs is 5. The van der Waals surface area contributed by atoms with E-state index < -0.39 is 7.92 Å². The molecule has 0 fully saturated rings. The van der Waals surface area contributed by atoms with Gasteiger partial charge in [-0.2, -0.15) is 0 Å². The normalized spacial score (nSPS) is 18.7. The molecule has 52 heavy (non-hydrogen) atoms. The van der Waals surface area contributed by atoms with Crippen LogP contribution < -0.4 is 30.5 Å². The topological polar surface area (TPSA) is 15.7 Å². The lowest BCUT2D eigenvalue weighted by atomic mass is 9.70. The largest absolute Gasteiger partial charge is 0.456 e. The molecular weight excluding hydrogens is 652 g/mol. The number of benzene rings is 6. The van der Waals surface area contributed by atoms with E-state index in [9.17, 15) is 0 Å². The molecule has 4 heteroatoms. The van der Waals surface area contributed by atoms with Crippen molar-refractivity contribution in [3.63, 3.8) is 0 Å². The van der Waals surface area contributed by atoms with Crippen molar-refractivity contribution in [1.82, 2.24) is 0 Å². The molecule has 3 aliphatic heterocycles. The summed E-state index contributed by atoms with van der Waals surface area (Å²) in [6.45, 7) is 9.44. The summed E-state index contributed by atoms with van der Waals surface area (Å²) in [6.07, 6.45) is 6.82. The number of allylic oxidation sites excluding steroid dienone is 3. The maximum atomic E-state index is 7.10. The lowest BCUT2D eigenvalue weighted by Crippen LogP contribution is -2.35. The van der Waals surface area contributed by atoms with Crippen LogP contribution in [0.15, 0.2) is 163 Å². The third kappa shape index (κ3) is 4.55. The molecule has 6 aromatic carbocycles. The summed E-state index contributed by atoms with van der Waals surface area (Å²) in [5.74, 6) is 1.86. The van der Waals surface area contributed by atoms with Crippen molar-refractivity contribution in [3.8, 4) is 11.5 Å². The number of hydrogen-bond acceptors (Lipinski definition) is 3. The van der Waals surface area contributed by atoms with Gasteiger partial charge in [-0.3, -0.25) is 0 Å². The van der Waals surface area contributed by atoms with E-state index in [1.807, 2.05) is 0 Å². The van der Waals surface area contributed by atoms with Crippen molar-refractivity contribution in [2.45, 2.75) is 51.4 Å². The Morgan fingerprint density at radius 3 is 1.63 bits per heavy atom. The molecule has 10 rings (SSSR count). The van der Waals surface area contributed by atoms with Gasteiger partial charge in [0.1, 0.15) is 11.5 Å². The van der Waals surface area contributed by atoms with Crippen LogP contribution in [0.3, 0.4) is 0 Å². The number of para-hydroxylation sites is 3. The Labute approximate surface area is 308 Å². The quantitative estimate of drug-likeness (QED) is 0.171. The van der Waals surface area contributed by atoms with Gasteiger partial charge in [-0.1, -0.05) is 119 Å². The lowest BCUT2D eigenvalue weighted by Gasteiger charge is -2.44. The highest BCUT2D eigenvalue weighted by molar-refractivity contribution is 7.80. The minimum absolute atomic E-state index is 0.0320. The average molecular weight is 693 g/mol. The first-order valence-electron chi connectivity index (χ1n) is 18.4. The first kappa shape index (κ1) is 31.4. The second-order valence-corrected chi connectivity index (χ2v) is 17.5. The molecule has 0 N–H and O–H groups in total. The van der Waals surface area contributed by atoms with Gasteiger partial charge >= 0.3 is 0 Å². The number of hydrogen-bond donors (Lipinski definition) is 0. The third-order valence-corrected chi connectivity index (χ3v) is 14.2. The van der Waals surface area contributed by atoms with E-state index in [0.29, 0.717) is 0 Å². The fourth-order valence-corrected chi connectivity index (χ4v) is 11.5. The van der Waals surface area contributed by atoms with E-state index >= 15 is 0 Å². The number of ether oxygens (including phenoxy) is 1. The predicted octanol–water partition coefficient (Wildman–Crippen LogP) is 11.7. The summed E-state index contributed by atoms with van der Waals surface area (Å²) < 4.78 is 7.10. The fraction of sp³-hybridized carbons (Fsp3) is 0.167. The van der Waals surface area contributed by atoms with E-state index in [1.54, 1.807) is 0 Å². The zero-order valence-electron chi connectivity index (χ0n) is 30.1. The molecule has 254 valence electrons. The maximum absolute atomic E-state index is 7.10. The van der Waals surface area contributed by atoms with Gasteiger partial charge < -0.3 is 14.5 Å². The Bertz CT molecular complexity index is 2430. The van der Waals surface area contributed by atoms with E-state index in [-0.39, 0.29) is 10.8 Å². The Morgan fingerprint density at radius 2 is 1.04 bits per heavy atom. The van der Waals surface area contributed by atoms with Crippen LogP contribution >= 0.6 is 7.92 Å². The average Bonchev–Trinajstić information content (AvgIpc) is 3.17. The third-order valence-electron chi connectivity index (χ3n) is 11.7. The van der Waals surface area contributed by atoms with Crippen LogP contribution in [0.4, 0.5) is 28.4 Å². The number of rotatable bonds is 3. The van der Waals surface area contributed by atoms with Gasteiger partial charge in [0.25, 0.3) is 0 Å². The molecule has 0 saturated heterocycles. The second kappa shape index (κ2) is 11.6. The Kier molecular flexibility index (Phi) is 6.98. The van der Waals surface area contributed by atoms with Gasteiger partial charge in [0.15, 0.2) is 0 Å². The van der Waals surface area contributed by atoms with E-state index in [1.165, 1.54) is 60.9 Å². The maximum Gasteiger partial charge on any atom is 0.137 e.